The molecule has 2 saturated carbocycles. The van der Waals surface area contributed by atoms with Gasteiger partial charge in [0.15, 0.2) is 12.3 Å². The molecule has 1 N–H and O–H groups in total. The summed E-state index contributed by atoms with van der Waals surface area (Å²) in [5.41, 5.74) is 3.73. The highest BCUT2D eigenvalue weighted by atomic mass is 16.5. The number of amides is 2. The molecule has 7 nitrogen and oxygen atoms in total. The van der Waals surface area contributed by atoms with E-state index in [0.29, 0.717) is 24.1 Å². The zero-order chi connectivity index (χ0) is 25.2. The molecule has 1 aromatic heterocycles. The molecule has 2 aromatic carbocycles. The summed E-state index contributed by atoms with van der Waals surface area (Å²) in [4.78, 5) is 32.2. The van der Waals surface area contributed by atoms with Crippen molar-refractivity contribution in [1.82, 2.24) is 15.2 Å². The molecule has 7 heteroatoms. The Morgan fingerprint density at radius 2 is 1.86 bits per heavy atom. The average Bonchev–Trinajstić information content (AvgIpc) is 3.38. The van der Waals surface area contributed by atoms with Gasteiger partial charge in [0.05, 0.1) is 6.04 Å². The fourth-order valence-corrected chi connectivity index (χ4v) is 5.60. The van der Waals surface area contributed by atoms with Gasteiger partial charge in [0.1, 0.15) is 12.0 Å². The number of fused-ring (bicyclic) bond motifs is 1. The number of rotatable bonds is 8. The summed E-state index contributed by atoms with van der Waals surface area (Å²) in [6.45, 7) is 1.54. The van der Waals surface area contributed by atoms with Gasteiger partial charge < -0.3 is 19.4 Å². The zero-order valence-corrected chi connectivity index (χ0v) is 21.0. The van der Waals surface area contributed by atoms with E-state index in [9.17, 15) is 9.59 Å². The van der Waals surface area contributed by atoms with Crippen LogP contribution >= 0.6 is 0 Å². The number of hydrogen-bond acceptors (Lipinski definition) is 5. The lowest BCUT2D eigenvalue weighted by Crippen LogP contribution is -2.43. The molecule has 2 aliphatic carbocycles. The van der Waals surface area contributed by atoms with Crippen molar-refractivity contribution in [3.05, 3.63) is 83.1 Å². The van der Waals surface area contributed by atoms with E-state index in [-0.39, 0.29) is 36.1 Å². The third-order valence-electron chi connectivity index (χ3n) is 7.84. The number of oxazole rings is 1. The molecule has 192 valence electrons. The van der Waals surface area contributed by atoms with Crippen molar-refractivity contribution in [3.8, 4) is 5.75 Å². The molecular weight excluding hydrogens is 466 g/mol. The standard InChI is InChI=1S/C30H33N3O4/c34-29(31-17-20-10-11-20)26-18-37-27(32-26)19-36-24-13-12-21-14-15-33(30(35)23-8-4-5-9-23)28(25(21)16-24)22-6-2-1-3-7-22/h1-3,6-7,12-13,16,18,20,23,28H,4-5,8-11,14-15,17,19H2,(H,31,34). The minimum absolute atomic E-state index is 0.120. The van der Waals surface area contributed by atoms with E-state index in [1.54, 1.807) is 0 Å². The van der Waals surface area contributed by atoms with E-state index in [1.165, 1.54) is 24.7 Å². The second-order valence-corrected chi connectivity index (χ2v) is 10.5. The summed E-state index contributed by atoms with van der Waals surface area (Å²) in [5.74, 6) is 1.84. The summed E-state index contributed by atoms with van der Waals surface area (Å²) < 4.78 is 11.5. The fraction of sp³-hybridized carbons (Fsp3) is 0.433. The molecule has 2 fully saturated rings. The molecule has 1 atom stereocenters. The van der Waals surface area contributed by atoms with Gasteiger partial charge in [-0.1, -0.05) is 49.2 Å². The number of ether oxygens (including phenoxy) is 1. The van der Waals surface area contributed by atoms with Crippen molar-refractivity contribution >= 4 is 11.8 Å². The molecule has 1 aliphatic heterocycles. The molecule has 2 amide bonds. The van der Waals surface area contributed by atoms with Gasteiger partial charge in [0, 0.05) is 19.0 Å². The van der Waals surface area contributed by atoms with Crippen LogP contribution in [0, 0.1) is 11.8 Å². The van der Waals surface area contributed by atoms with E-state index in [2.05, 4.69) is 33.4 Å². The quantitative estimate of drug-likeness (QED) is 0.468. The van der Waals surface area contributed by atoms with Crippen LogP contribution in [0.1, 0.15) is 77.6 Å². The summed E-state index contributed by atoms with van der Waals surface area (Å²) in [6, 6.07) is 16.2. The Kier molecular flexibility index (Phi) is 6.68. The van der Waals surface area contributed by atoms with E-state index in [4.69, 9.17) is 9.15 Å². The van der Waals surface area contributed by atoms with Gasteiger partial charge in [-0.05, 0) is 66.8 Å². The van der Waals surface area contributed by atoms with Crippen LogP contribution in [0.5, 0.6) is 5.75 Å². The maximum absolute atomic E-state index is 13.6. The number of nitrogens with zero attached hydrogens (tertiary/aromatic N) is 2. The van der Waals surface area contributed by atoms with Crippen LogP contribution in [0.25, 0.3) is 0 Å². The molecule has 37 heavy (non-hydrogen) atoms. The number of hydrogen-bond donors (Lipinski definition) is 1. The van der Waals surface area contributed by atoms with Gasteiger partial charge in [0.25, 0.3) is 5.91 Å². The van der Waals surface area contributed by atoms with E-state index < -0.39 is 0 Å². The van der Waals surface area contributed by atoms with Crippen LogP contribution in [0.2, 0.25) is 0 Å². The number of aromatic nitrogens is 1. The molecule has 3 aliphatic rings. The Hall–Kier alpha value is -3.61. The summed E-state index contributed by atoms with van der Waals surface area (Å²) in [5, 5.41) is 2.90. The SMILES string of the molecule is O=C(NCC1CC1)c1coc(COc2ccc3c(c2)C(c2ccccc2)N(C(=O)C2CCCC2)CC3)n1. The molecule has 0 radical (unpaired) electrons. The average molecular weight is 500 g/mol. The van der Waals surface area contributed by atoms with E-state index in [1.807, 2.05) is 30.3 Å². The predicted molar refractivity (Wildman–Crippen MR) is 138 cm³/mol. The Morgan fingerprint density at radius 1 is 1.05 bits per heavy atom. The maximum Gasteiger partial charge on any atom is 0.273 e. The minimum Gasteiger partial charge on any atom is -0.484 e. The summed E-state index contributed by atoms with van der Waals surface area (Å²) >= 11 is 0. The van der Waals surface area contributed by atoms with Crippen LogP contribution in [0.15, 0.2) is 59.2 Å². The first-order chi connectivity index (χ1) is 18.2. The second-order valence-electron chi connectivity index (χ2n) is 10.5. The molecule has 0 bridgehead atoms. The first-order valence-electron chi connectivity index (χ1n) is 13.5. The van der Waals surface area contributed by atoms with Crippen molar-refractivity contribution in [3.63, 3.8) is 0 Å². The Morgan fingerprint density at radius 3 is 2.65 bits per heavy atom. The Bertz CT molecular complexity index is 1260. The first kappa shape index (κ1) is 23.8. The van der Waals surface area contributed by atoms with Crippen molar-refractivity contribution in [2.24, 2.45) is 11.8 Å². The largest absolute Gasteiger partial charge is 0.484 e. The topological polar surface area (TPSA) is 84.7 Å². The van der Waals surface area contributed by atoms with Gasteiger partial charge in [-0.15, -0.1) is 0 Å². The lowest BCUT2D eigenvalue weighted by Gasteiger charge is -2.39. The van der Waals surface area contributed by atoms with Gasteiger partial charge in [-0.25, -0.2) is 4.98 Å². The molecule has 2 heterocycles. The van der Waals surface area contributed by atoms with Crippen LogP contribution in [0.4, 0.5) is 0 Å². The van der Waals surface area contributed by atoms with Crippen LogP contribution < -0.4 is 10.1 Å². The maximum atomic E-state index is 13.6. The first-order valence-corrected chi connectivity index (χ1v) is 13.5. The fourth-order valence-electron chi connectivity index (χ4n) is 5.60. The Labute approximate surface area is 217 Å². The minimum atomic E-state index is -0.214. The zero-order valence-electron chi connectivity index (χ0n) is 21.0. The lowest BCUT2D eigenvalue weighted by atomic mass is 9.87. The normalized spacial score (nSPS) is 19.5. The molecule has 6 rings (SSSR count). The van der Waals surface area contributed by atoms with Gasteiger partial charge >= 0.3 is 0 Å². The van der Waals surface area contributed by atoms with Gasteiger partial charge in [-0.3, -0.25) is 9.59 Å². The highest BCUT2D eigenvalue weighted by Gasteiger charge is 2.36. The second kappa shape index (κ2) is 10.4. The van der Waals surface area contributed by atoms with E-state index >= 15 is 0 Å². The van der Waals surface area contributed by atoms with Crippen LogP contribution in [-0.2, 0) is 17.8 Å². The Balaban J connectivity index is 1.20. The smallest absolute Gasteiger partial charge is 0.273 e. The number of carbonyl (C=O) groups excluding carboxylic acids is 2. The van der Waals surface area contributed by atoms with Crippen molar-refractivity contribution in [2.75, 3.05) is 13.1 Å². The monoisotopic (exact) mass is 499 g/mol. The third kappa shape index (κ3) is 5.26. The van der Waals surface area contributed by atoms with Crippen molar-refractivity contribution in [2.45, 2.75) is 57.6 Å². The third-order valence-corrected chi connectivity index (χ3v) is 7.84. The number of nitrogens with one attached hydrogen (secondary N) is 1. The van der Waals surface area contributed by atoms with Crippen molar-refractivity contribution in [1.29, 1.82) is 0 Å². The number of carbonyl (C=O) groups is 2. The molecule has 0 saturated heterocycles. The lowest BCUT2D eigenvalue weighted by molar-refractivity contribution is -0.137. The highest BCUT2D eigenvalue weighted by molar-refractivity contribution is 5.91. The van der Waals surface area contributed by atoms with Crippen molar-refractivity contribution < 1.29 is 18.7 Å². The number of benzene rings is 2. The van der Waals surface area contributed by atoms with Crippen LogP contribution in [-0.4, -0.2) is 34.8 Å². The van der Waals surface area contributed by atoms with Gasteiger partial charge in [-0.2, -0.15) is 0 Å². The molecule has 3 aromatic rings. The highest BCUT2D eigenvalue weighted by Crippen LogP contribution is 2.39. The molecule has 1 unspecified atom stereocenters. The van der Waals surface area contributed by atoms with E-state index in [0.717, 1.165) is 49.8 Å². The summed E-state index contributed by atoms with van der Waals surface area (Å²) in [7, 11) is 0. The molecular formula is C30H33N3O4. The van der Waals surface area contributed by atoms with Gasteiger partial charge in [0.2, 0.25) is 11.8 Å². The predicted octanol–water partition coefficient (Wildman–Crippen LogP) is 5.06. The summed E-state index contributed by atoms with van der Waals surface area (Å²) in [6.07, 6.45) is 8.82. The molecule has 0 spiro atoms. The van der Waals surface area contributed by atoms with Crippen LogP contribution in [0.3, 0.4) is 0 Å².